The molecule has 0 saturated carbocycles. The van der Waals surface area contributed by atoms with E-state index in [9.17, 15) is 9.59 Å². The molecule has 0 saturated heterocycles. The number of pyridine rings is 1. The van der Waals surface area contributed by atoms with Gasteiger partial charge in [0.2, 0.25) is 5.78 Å². The Morgan fingerprint density at radius 3 is 2.46 bits per heavy atom. The molecule has 5 nitrogen and oxygen atoms in total. The molecule has 28 heavy (non-hydrogen) atoms. The number of ketones is 1. The lowest BCUT2D eigenvalue weighted by atomic mass is 9.99. The summed E-state index contributed by atoms with van der Waals surface area (Å²) in [6.45, 7) is 1.84. The van der Waals surface area contributed by atoms with E-state index < -0.39 is 12.1 Å². The van der Waals surface area contributed by atoms with Gasteiger partial charge in [0.15, 0.2) is 6.10 Å². The maximum absolute atomic E-state index is 13.3. The lowest BCUT2D eigenvalue weighted by molar-refractivity contribution is 0.0280. The van der Waals surface area contributed by atoms with E-state index in [1.54, 1.807) is 30.5 Å². The quantitative estimate of drug-likeness (QED) is 0.410. The summed E-state index contributed by atoms with van der Waals surface area (Å²) in [6, 6.07) is 19.9. The highest BCUT2D eigenvalue weighted by molar-refractivity contribution is 6.11. The Labute approximate surface area is 162 Å². The molecule has 4 aromatic rings. The maximum Gasteiger partial charge on any atom is 0.340 e. The van der Waals surface area contributed by atoms with Crippen molar-refractivity contribution in [2.45, 2.75) is 13.0 Å². The second-order valence-electron chi connectivity index (χ2n) is 6.50. The van der Waals surface area contributed by atoms with Crippen LogP contribution in [0.3, 0.4) is 0 Å². The Kier molecular flexibility index (Phi) is 4.72. The number of carbonyl (C=O) groups is 2. The summed E-state index contributed by atoms with van der Waals surface area (Å²) in [4.78, 5) is 33.2. The van der Waals surface area contributed by atoms with Crippen molar-refractivity contribution in [2.75, 3.05) is 0 Å². The van der Waals surface area contributed by atoms with Crippen molar-refractivity contribution in [1.29, 1.82) is 0 Å². The van der Waals surface area contributed by atoms with Gasteiger partial charge < -0.3 is 9.72 Å². The Balaban J connectivity index is 1.70. The van der Waals surface area contributed by atoms with Crippen LogP contribution in [-0.4, -0.2) is 21.7 Å². The highest BCUT2D eigenvalue weighted by atomic mass is 16.5. The molecular formula is C23H18N2O3. The van der Waals surface area contributed by atoms with Crippen molar-refractivity contribution in [3.8, 4) is 0 Å². The van der Waals surface area contributed by atoms with Crippen molar-refractivity contribution < 1.29 is 14.3 Å². The summed E-state index contributed by atoms with van der Waals surface area (Å²) in [7, 11) is 0. The van der Waals surface area contributed by atoms with E-state index in [-0.39, 0.29) is 5.78 Å². The molecule has 0 aliphatic rings. The zero-order chi connectivity index (χ0) is 19.5. The molecule has 1 unspecified atom stereocenters. The van der Waals surface area contributed by atoms with E-state index in [0.717, 1.165) is 16.6 Å². The Morgan fingerprint density at radius 1 is 0.964 bits per heavy atom. The van der Waals surface area contributed by atoms with Gasteiger partial charge >= 0.3 is 5.97 Å². The Hall–Kier alpha value is -3.73. The minimum atomic E-state index is -1.05. The zero-order valence-corrected chi connectivity index (χ0v) is 15.3. The lowest BCUT2D eigenvalue weighted by Crippen LogP contribution is -2.20. The first-order valence-corrected chi connectivity index (χ1v) is 8.92. The number of rotatable bonds is 5. The van der Waals surface area contributed by atoms with Crippen LogP contribution in [-0.2, 0) is 4.74 Å². The van der Waals surface area contributed by atoms with Crippen LogP contribution in [0, 0.1) is 6.92 Å². The number of esters is 1. The van der Waals surface area contributed by atoms with Crippen molar-refractivity contribution in [1.82, 2.24) is 9.97 Å². The highest BCUT2D eigenvalue weighted by Gasteiger charge is 2.28. The van der Waals surface area contributed by atoms with Crippen molar-refractivity contribution in [3.63, 3.8) is 0 Å². The summed E-state index contributed by atoms with van der Waals surface area (Å²) in [6.07, 6.45) is 2.06. The molecule has 0 spiro atoms. The third-order valence-corrected chi connectivity index (χ3v) is 4.57. The number of H-pyrrole nitrogens is 1. The van der Waals surface area contributed by atoms with Crippen LogP contribution in [0.1, 0.15) is 38.1 Å². The van der Waals surface area contributed by atoms with Crippen LogP contribution < -0.4 is 0 Å². The van der Waals surface area contributed by atoms with Gasteiger partial charge in [-0.2, -0.15) is 0 Å². The van der Waals surface area contributed by atoms with Gasteiger partial charge in [0.25, 0.3) is 0 Å². The van der Waals surface area contributed by atoms with Crippen LogP contribution in [0.25, 0.3) is 10.9 Å². The van der Waals surface area contributed by atoms with Crippen LogP contribution >= 0.6 is 0 Å². The monoisotopic (exact) mass is 370 g/mol. The average molecular weight is 370 g/mol. The van der Waals surface area contributed by atoms with Gasteiger partial charge in [-0.1, -0.05) is 48.5 Å². The zero-order valence-electron chi connectivity index (χ0n) is 15.3. The standard InChI is InChI=1S/C23H18N2O3/c1-15-11-12-17(13-24-15)23(27)28-22(16-7-3-2-4-8-16)21(26)19-14-25-20-10-6-5-9-18(19)20/h2-14,22,25H,1H3. The highest BCUT2D eigenvalue weighted by Crippen LogP contribution is 2.28. The normalized spacial score (nSPS) is 11.9. The summed E-state index contributed by atoms with van der Waals surface area (Å²) < 4.78 is 5.65. The second kappa shape index (κ2) is 7.48. The molecule has 4 rings (SSSR count). The predicted octanol–water partition coefficient (Wildman–Crippen LogP) is 4.65. The predicted molar refractivity (Wildman–Crippen MR) is 106 cm³/mol. The van der Waals surface area contributed by atoms with Gasteiger partial charge in [0.05, 0.1) is 5.56 Å². The SMILES string of the molecule is Cc1ccc(C(=O)OC(C(=O)c2c[nH]c3ccccc23)c2ccccc2)cn1. The number of hydrogen-bond donors (Lipinski definition) is 1. The number of aromatic nitrogens is 2. The maximum atomic E-state index is 13.3. The van der Waals surface area contributed by atoms with E-state index >= 15 is 0 Å². The summed E-state index contributed by atoms with van der Waals surface area (Å²) >= 11 is 0. The van der Waals surface area contributed by atoms with Crippen molar-refractivity contribution >= 4 is 22.7 Å². The molecule has 138 valence electrons. The fourth-order valence-corrected chi connectivity index (χ4v) is 3.08. The molecule has 0 bridgehead atoms. The average Bonchev–Trinajstić information content (AvgIpc) is 3.17. The second-order valence-corrected chi connectivity index (χ2v) is 6.50. The lowest BCUT2D eigenvalue weighted by Gasteiger charge is -2.17. The Bertz CT molecular complexity index is 1130. The topological polar surface area (TPSA) is 72.1 Å². The number of fused-ring (bicyclic) bond motifs is 1. The van der Waals surface area contributed by atoms with E-state index in [1.165, 1.54) is 6.20 Å². The van der Waals surface area contributed by atoms with Crippen LogP contribution in [0.15, 0.2) is 79.1 Å². The van der Waals surface area contributed by atoms with E-state index in [4.69, 9.17) is 4.74 Å². The number of benzene rings is 2. The first kappa shape index (κ1) is 17.7. The van der Waals surface area contributed by atoms with E-state index in [1.807, 2.05) is 49.4 Å². The summed E-state index contributed by atoms with van der Waals surface area (Å²) in [5, 5.41) is 0.793. The molecule has 1 N–H and O–H groups in total. The van der Waals surface area contributed by atoms with E-state index in [2.05, 4.69) is 9.97 Å². The Morgan fingerprint density at radius 2 is 1.71 bits per heavy atom. The molecule has 0 radical (unpaired) electrons. The number of nitrogens with zero attached hydrogens (tertiary/aromatic N) is 1. The van der Waals surface area contributed by atoms with Gasteiger partial charge in [-0.05, 0) is 25.1 Å². The summed E-state index contributed by atoms with van der Waals surface area (Å²) in [5.74, 6) is -0.869. The minimum Gasteiger partial charge on any atom is -0.445 e. The number of hydrogen-bond acceptors (Lipinski definition) is 4. The van der Waals surface area contributed by atoms with Gasteiger partial charge in [0, 0.05) is 40.1 Å². The van der Waals surface area contributed by atoms with Gasteiger partial charge in [0.1, 0.15) is 0 Å². The first-order chi connectivity index (χ1) is 13.6. The van der Waals surface area contributed by atoms with Crippen molar-refractivity contribution in [3.05, 3.63) is 102 Å². The number of nitrogens with one attached hydrogen (secondary N) is 1. The molecule has 0 aliphatic carbocycles. The molecule has 2 heterocycles. The van der Waals surface area contributed by atoms with Crippen LogP contribution in [0.2, 0.25) is 0 Å². The number of ether oxygens (including phenoxy) is 1. The third-order valence-electron chi connectivity index (χ3n) is 4.57. The molecule has 0 amide bonds. The number of para-hydroxylation sites is 1. The fraction of sp³-hybridized carbons (Fsp3) is 0.0870. The molecular weight excluding hydrogens is 352 g/mol. The van der Waals surface area contributed by atoms with Crippen LogP contribution in [0.5, 0.6) is 0 Å². The first-order valence-electron chi connectivity index (χ1n) is 8.92. The fourth-order valence-electron chi connectivity index (χ4n) is 3.08. The smallest absolute Gasteiger partial charge is 0.340 e. The van der Waals surface area contributed by atoms with Crippen LogP contribution in [0.4, 0.5) is 0 Å². The number of aryl methyl sites for hydroxylation is 1. The van der Waals surface area contributed by atoms with Crippen molar-refractivity contribution in [2.24, 2.45) is 0 Å². The number of Topliss-reactive ketones (excluding diaryl/α,β-unsaturated/α-hetero) is 1. The molecule has 2 aromatic heterocycles. The van der Waals surface area contributed by atoms with Gasteiger partial charge in [-0.3, -0.25) is 9.78 Å². The third kappa shape index (κ3) is 3.42. The summed E-state index contributed by atoms with van der Waals surface area (Å²) in [5.41, 5.74) is 3.06. The molecule has 2 aromatic carbocycles. The molecule has 0 fully saturated rings. The largest absolute Gasteiger partial charge is 0.445 e. The molecule has 0 aliphatic heterocycles. The molecule has 5 heteroatoms. The van der Waals surface area contributed by atoms with Gasteiger partial charge in [-0.25, -0.2) is 4.79 Å². The number of aromatic amines is 1. The van der Waals surface area contributed by atoms with Gasteiger partial charge in [-0.15, -0.1) is 0 Å². The molecule has 1 atom stereocenters. The number of carbonyl (C=O) groups excluding carboxylic acids is 2. The minimum absolute atomic E-state index is 0.280. The van der Waals surface area contributed by atoms with E-state index in [0.29, 0.717) is 16.7 Å².